The maximum Gasteiger partial charge on any atom is 0.327 e. The lowest BCUT2D eigenvalue weighted by Gasteiger charge is -2.34. The van der Waals surface area contributed by atoms with Crippen LogP contribution in [0.3, 0.4) is 0 Å². The number of rotatable bonds is 4. The number of benzene rings is 1. The Morgan fingerprint density at radius 1 is 1.10 bits per heavy atom. The first-order valence-electron chi connectivity index (χ1n) is 10.1. The predicted molar refractivity (Wildman–Crippen MR) is 122 cm³/mol. The fourth-order valence-electron chi connectivity index (χ4n) is 3.83. The van der Waals surface area contributed by atoms with Gasteiger partial charge in [-0.1, -0.05) is 0 Å². The zero-order valence-electron chi connectivity index (χ0n) is 16.8. The summed E-state index contributed by atoms with van der Waals surface area (Å²) in [6.07, 6.45) is 1.83. The van der Waals surface area contributed by atoms with Crippen molar-refractivity contribution < 1.29 is 4.79 Å². The number of piperazine rings is 1. The van der Waals surface area contributed by atoms with E-state index in [2.05, 4.69) is 56.7 Å². The molecule has 5 rings (SSSR count). The fourth-order valence-corrected chi connectivity index (χ4v) is 4.57. The summed E-state index contributed by atoms with van der Waals surface area (Å²) < 4.78 is 0. The zero-order valence-corrected chi connectivity index (χ0v) is 17.7. The van der Waals surface area contributed by atoms with E-state index in [1.54, 1.807) is 4.90 Å². The number of pyridine rings is 1. The van der Waals surface area contributed by atoms with E-state index in [0.717, 1.165) is 53.9 Å². The number of carbonyl (C=O) groups excluding carboxylic acids is 1. The molecule has 0 atom stereocenters. The van der Waals surface area contributed by atoms with Crippen molar-refractivity contribution in [1.29, 1.82) is 0 Å². The molecule has 2 aromatic heterocycles. The van der Waals surface area contributed by atoms with Crippen molar-refractivity contribution in [1.82, 2.24) is 15.2 Å². The molecule has 2 N–H and O–H groups in total. The van der Waals surface area contributed by atoms with Crippen molar-refractivity contribution in [2.45, 2.75) is 6.54 Å². The molecule has 2 amide bonds. The minimum Gasteiger partial charge on any atom is -0.369 e. The van der Waals surface area contributed by atoms with Gasteiger partial charge in [0.2, 0.25) is 0 Å². The third kappa shape index (κ3) is 3.71. The quantitative estimate of drug-likeness (QED) is 0.668. The standard InChI is InChI=1S/C22H24N6OS/c1-26-8-10-27(11-9-26)18-6-4-17(5-7-18)25-20-13-19-16(14-23-20)15-24-22(29)28(19)21-3-2-12-30-21/h2-7,12-14H,8-11,15H2,1H3,(H,23,25)(H,24,29). The molecule has 1 aromatic carbocycles. The van der Waals surface area contributed by atoms with Gasteiger partial charge in [0, 0.05) is 61.9 Å². The van der Waals surface area contributed by atoms with Gasteiger partial charge in [0.05, 0.1) is 5.69 Å². The first-order valence-corrected chi connectivity index (χ1v) is 11.0. The van der Waals surface area contributed by atoms with E-state index in [1.807, 2.05) is 29.8 Å². The first kappa shape index (κ1) is 18.9. The molecule has 1 fully saturated rings. The summed E-state index contributed by atoms with van der Waals surface area (Å²) in [6.45, 7) is 4.77. The largest absolute Gasteiger partial charge is 0.369 e. The highest BCUT2D eigenvalue weighted by molar-refractivity contribution is 7.14. The van der Waals surface area contributed by atoms with Crippen molar-refractivity contribution in [3.8, 4) is 0 Å². The number of amides is 2. The van der Waals surface area contributed by atoms with Gasteiger partial charge in [-0.05, 0) is 48.8 Å². The highest BCUT2D eigenvalue weighted by Crippen LogP contribution is 2.36. The average molecular weight is 421 g/mol. The van der Waals surface area contributed by atoms with Crippen LogP contribution in [-0.2, 0) is 6.54 Å². The fraction of sp³-hybridized carbons (Fsp3) is 0.273. The lowest BCUT2D eigenvalue weighted by molar-refractivity contribution is 0.247. The van der Waals surface area contributed by atoms with Crippen LogP contribution in [0.1, 0.15) is 5.56 Å². The van der Waals surface area contributed by atoms with E-state index in [4.69, 9.17) is 0 Å². The Labute approximate surface area is 179 Å². The zero-order chi connectivity index (χ0) is 20.5. The Kier molecular flexibility index (Phi) is 5.02. The second-order valence-electron chi connectivity index (χ2n) is 7.61. The van der Waals surface area contributed by atoms with Crippen LogP contribution >= 0.6 is 11.3 Å². The Morgan fingerprint density at radius 2 is 1.90 bits per heavy atom. The molecule has 7 nitrogen and oxygen atoms in total. The normalized spacial score (nSPS) is 16.9. The number of carbonyl (C=O) groups is 1. The molecule has 0 spiro atoms. The van der Waals surface area contributed by atoms with Crippen molar-refractivity contribution in [2.75, 3.05) is 48.3 Å². The number of thiophene rings is 1. The molecular weight excluding hydrogens is 396 g/mol. The number of aromatic nitrogens is 1. The van der Waals surface area contributed by atoms with Crippen LogP contribution in [0.2, 0.25) is 0 Å². The second-order valence-corrected chi connectivity index (χ2v) is 8.53. The minimum atomic E-state index is -0.112. The third-order valence-corrected chi connectivity index (χ3v) is 6.42. The highest BCUT2D eigenvalue weighted by atomic mass is 32.1. The molecule has 154 valence electrons. The Morgan fingerprint density at radius 3 is 2.63 bits per heavy atom. The van der Waals surface area contributed by atoms with Crippen molar-refractivity contribution >= 4 is 45.2 Å². The number of fused-ring (bicyclic) bond motifs is 1. The number of likely N-dealkylation sites (N-methyl/N-ethyl adjacent to an activating group) is 1. The maximum absolute atomic E-state index is 12.5. The summed E-state index contributed by atoms with van der Waals surface area (Å²) >= 11 is 1.54. The van der Waals surface area contributed by atoms with Crippen molar-refractivity contribution in [3.05, 3.63) is 59.6 Å². The van der Waals surface area contributed by atoms with Gasteiger partial charge < -0.3 is 20.4 Å². The van der Waals surface area contributed by atoms with E-state index >= 15 is 0 Å². The molecule has 8 heteroatoms. The van der Waals surface area contributed by atoms with Crippen LogP contribution in [0.4, 0.5) is 32.7 Å². The number of nitrogens with one attached hydrogen (secondary N) is 2. The van der Waals surface area contributed by atoms with Gasteiger partial charge in [-0.3, -0.25) is 4.90 Å². The number of hydrogen-bond acceptors (Lipinski definition) is 6. The summed E-state index contributed by atoms with van der Waals surface area (Å²) in [5.74, 6) is 0.720. The van der Waals surface area contributed by atoms with Gasteiger partial charge >= 0.3 is 6.03 Å². The Hall–Kier alpha value is -3.10. The van der Waals surface area contributed by atoms with Crippen LogP contribution < -0.4 is 20.4 Å². The summed E-state index contributed by atoms with van der Waals surface area (Å²) in [5.41, 5.74) is 4.09. The summed E-state index contributed by atoms with van der Waals surface area (Å²) in [7, 11) is 2.17. The minimum absolute atomic E-state index is 0.112. The molecule has 0 radical (unpaired) electrons. The van der Waals surface area contributed by atoms with Gasteiger partial charge in [-0.25, -0.2) is 9.78 Å². The third-order valence-electron chi connectivity index (χ3n) is 5.57. The van der Waals surface area contributed by atoms with Gasteiger partial charge in [0.1, 0.15) is 10.8 Å². The molecule has 1 saturated heterocycles. The lowest BCUT2D eigenvalue weighted by atomic mass is 10.1. The highest BCUT2D eigenvalue weighted by Gasteiger charge is 2.26. The first-order chi connectivity index (χ1) is 14.7. The van der Waals surface area contributed by atoms with Gasteiger partial charge in [0.25, 0.3) is 0 Å². The predicted octanol–water partition coefficient (Wildman–Crippen LogP) is 4.00. The molecular formula is C22H24N6OS. The summed E-state index contributed by atoms with van der Waals surface area (Å²) in [5, 5.41) is 9.15. The van der Waals surface area contributed by atoms with Crippen LogP contribution in [0.5, 0.6) is 0 Å². The van der Waals surface area contributed by atoms with Gasteiger partial charge in [0.15, 0.2) is 0 Å². The number of urea groups is 1. The molecule has 0 unspecified atom stereocenters. The van der Waals surface area contributed by atoms with Crippen LogP contribution in [0.15, 0.2) is 54.0 Å². The van der Waals surface area contributed by atoms with E-state index in [1.165, 1.54) is 17.0 Å². The van der Waals surface area contributed by atoms with E-state index in [-0.39, 0.29) is 6.03 Å². The van der Waals surface area contributed by atoms with Gasteiger partial charge in [-0.2, -0.15) is 0 Å². The summed E-state index contributed by atoms with van der Waals surface area (Å²) in [6, 6.07) is 14.2. The molecule has 0 bridgehead atoms. The number of nitrogens with zero attached hydrogens (tertiary/aromatic N) is 4. The molecule has 2 aliphatic heterocycles. The van der Waals surface area contributed by atoms with E-state index in [0.29, 0.717) is 6.54 Å². The Balaban J connectivity index is 1.35. The SMILES string of the molecule is CN1CCN(c2ccc(Nc3cc4c(cn3)CNC(=O)N4c3cccs3)cc2)CC1. The van der Waals surface area contributed by atoms with Crippen LogP contribution in [-0.4, -0.2) is 49.1 Å². The van der Waals surface area contributed by atoms with Crippen LogP contribution in [0.25, 0.3) is 0 Å². The molecule has 3 aromatic rings. The van der Waals surface area contributed by atoms with E-state index < -0.39 is 0 Å². The van der Waals surface area contributed by atoms with Gasteiger partial charge in [-0.15, -0.1) is 11.3 Å². The summed E-state index contributed by atoms with van der Waals surface area (Å²) in [4.78, 5) is 23.5. The second kappa shape index (κ2) is 7.97. The van der Waals surface area contributed by atoms with Crippen LogP contribution in [0, 0.1) is 0 Å². The molecule has 30 heavy (non-hydrogen) atoms. The average Bonchev–Trinajstić information content (AvgIpc) is 3.29. The maximum atomic E-state index is 12.5. The Bertz CT molecular complexity index is 1030. The monoisotopic (exact) mass is 420 g/mol. The molecule has 0 aliphatic carbocycles. The lowest BCUT2D eigenvalue weighted by Crippen LogP contribution is -2.44. The van der Waals surface area contributed by atoms with Crippen molar-refractivity contribution in [3.63, 3.8) is 0 Å². The molecule has 2 aliphatic rings. The number of hydrogen-bond donors (Lipinski definition) is 2. The molecule has 0 saturated carbocycles. The number of anilines is 5. The smallest absolute Gasteiger partial charge is 0.327 e. The van der Waals surface area contributed by atoms with E-state index in [9.17, 15) is 4.79 Å². The molecule has 4 heterocycles. The van der Waals surface area contributed by atoms with Crippen molar-refractivity contribution in [2.24, 2.45) is 0 Å². The topological polar surface area (TPSA) is 63.7 Å².